The molecule has 1 aromatic carbocycles. The van der Waals surface area contributed by atoms with Crippen LogP contribution in [0.25, 0.3) is 0 Å². The standard InChI is InChI=1S/C13H10F3N3/c14-13(15,16)11-8-10(9-4-2-1-3-5-9)18-12-6-7-17-19(11)12/h1-6,8,17H,7H2. The van der Waals surface area contributed by atoms with Gasteiger partial charge in [0.2, 0.25) is 0 Å². The normalized spacial score (nSPS) is 18.7. The fourth-order valence-corrected chi connectivity index (χ4v) is 2.02. The van der Waals surface area contributed by atoms with E-state index in [0.29, 0.717) is 17.8 Å². The summed E-state index contributed by atoms with van der Waals surface area (Å²) in [5, 5.41) is 0.979. The van der Waals surface area contributed by atoms with Crippen molar-refractivity contribution in [2.24, 2.45) is 4.99 Å². The van der Waals surface area contributed by atoms with Crippen LogP contribution < -0.4 is 5.43 Å². The van der Waals surface area contributed by atoms with Gasteiger partial charge in [-0.25, -0.2) is 10.4 Å². The number of alkyl halides is 3. The molecule has 2 aliphatic heterocycles. The second kappa shape index (κ2) is 4.24. The first-order valence-corrected chi connectivity index (χ1v) is 5.72. The molecule has 0 aromatic heterocycles. The van der Waals surface area contributed by atoms with Crippen molar-refractivity contribution in [3.05, 3.63) is 59.6 Å². The highest BCUT2D eigenvalue weighted by atomic mass is 19.4. The van der Waals surface area contributed by atoms with E-state index in [0.717, 1.165) is 11.1 Å². The lowest BCUT2D eigenvalue weighted by Gasteiger charge is -2.28. The number of nitrogens with zero attached hydrogens (tertiary/aromatic N) is 2. The average molecular weight is 265 g/mol. The third-order valence-electron chi connectivity index (χ3n) is 2.87. The molecule has 3 nitrogen and oxygen atoms in total. The first-order chi connectivity index (χ1) is 9.05. The average Bonchev–Trinajstić information content (AvgIpc) is 2.85. The number of hydrogen-bond acceptors (Lipinski definition) is 3. The molecule has 1 aromatic rings. The van der Waals surface area contributed by atoms with E-state index in [4.69, 9.17) is 0 Å². The number of benzene rings is 1. The molecule has 0 radical (unpaired) electrons. The smallest absolute Gasteiger partial charge is 0.254 e. The summed E-state index contributed by atoms with van der Waals surface area (Å²) >= 11 is 0. The number of halogens is 3. The zero-order valence-corrected chi connectivity index (χ0v) is 9.78. The Morgan fingerprint density at radius 1 is 1.16 bits per heavy atom. The van der Waals surface area contributed by atoms with E-state index in [1.54, 1.807) is 30.3 Å². The molecule has 0 saturated heterocycles. The lowest BCUT2D eigenvalue weighted by Crippen LogP contribution is -2.39. The number of hydrogen-bond donors (Lipinski definition) is 1. The maximum Gasteiger partial charge on any atom is 0.433 e. The molecule has 0 amide bonds. The van der Waals surface area contributed by atoms with Crippen molar-refractivity contribution in [2.75, 3.05) is 6.54 Å². The molecular weight excluding hydrogens is 255 g/mol. The number of allylic oxidation sites excluding steroid dienone is 2. The van der Waals surface area contributed by atoms with Gasteiger partial charge in [0.25, 0.3) is 0 Å². The van der Waals surface area contributed by atoms with Crippen LogP contribution in [0.5, 0.6) is 0 Å². The second-order valence-corrected chi connectivity index (χ2v) is 4.15. The predicted octanol–water partition coefficient (Wildman–Crippen LogP) is 2.60. The minimum atomic E-state index is -4.42. The molecule has 1 N–H and O–H groups in total. The van der Waals surface area contributed by atoms with Crippen molar-refractivity contribution < 1.29 is 13.2 Å². The fourth-order valence-electron chi connectivity index (χ4n) is 2.02. The summed E-state index contributed by atoms with van der Waals surface area (Å²) in [5.41, 5.74) is 2.87. The Bertz CT molecular complexity index is 585. The van der Waals surface area contributed by atoms with E-state index in [1.807, 2.05) is 6.07 Å². The molecule has 19 heavy (non-hydrogen) atoms. The Labute approximate surface area is 107 Å². The van der Waals surface area contributed by atoms with Crippen LogP contribution in [0, 0.1) is 0 Å². The number of nitrogens with one attached hydrogen (secondary N) is 1. The Balaban J connectivity index is 2.08. The Morgan fingerprint density at radius 2 is 1.89 bits per heavy atom. The molecule has 0 unspecified atom stereocenters. The van der Waals surface area contributed by atoms with Crippen molar-refractivity contribution >= 4 is 5.71 Å². The van der Waals surface area contributed by atoms with Crippen molar-refractivity contribution in [2.45, 2.75) is 6.18 Å². The van der Waals surface area contributed by atoms with E-state index >= 15 is 0 Å². The zero-order valence-electron chi connectivity index (χ0n) is 9.78. The molecule has 3 rings (SSSR count). The van der Waals surface area contributed by atoms with Gasteiger partial charge in [0.15, 0.2) is 0 Å². The Hall–Kier alpha value is -2.08. The van der Waals surface area contributed by atoms with Crippen LogP contribution in [0.1, 0.15) is 5.56 Å². The van der Waals surface area contributed by atoms with E-state index in [-0.39, 0.29) is 5.82 Å². The second-order valence-electron chi connectivity index (χ2n) is 4.15. The van der Waals surface area contributed by atoms with Gasteiger partial charge in [-0.15, -0.1) is 0 Å². The third-order valence-corrected chi connectivity index (χ3v) is 2.87. The summed E-state index contributed by atoms with van der Waals surface area (Å²) in [6.07, 6.45) is -1.74. The van der Waals surface area contributed by atoms with Crippen molar-refractivity contribution in [3.8, 4) is 0 Å². The van der Waals surface area contributed by atoms with Gasteiger partial charge in [0.1, 0.15) is 11.5 Å². The predicted molar refractivity (Wildman–Crippen MR) is 65.0 cm³/mol. The van der Waals surface area contributed by atoms with Gasteiger partial charge in [-0.05, 0) is 12.2 Å². The number of hydrazine groups is 1. The molecule has 6 heteroatoms. The molecular formula is C13H10F3N3. The van der Waals surface area contributed by atoms with Crippen molar-refractivity contribution in [1.29, 1.82) is 0 Å². The number of rotatable bonds is 1. The molecule has 0 saturated carbocycles. The van der Waals surface area contributed by atoms with Crippen LogP contribution >= 0.6 is 0 Å². The van der Waals surface area contributed by atoms with Crippen molar-refractivity contribution in [3.63, 3.8) is 0 Å². The molecule has 2 heterocycles. The minimum Gasteiger partial charge on any atom is -0.254 e. The maximum atomic E-state index is 13.0. The van der Waals surface area contributed by atoms with Gasteiger partial charge >= 0.3 is 6.18 Å². The summed E-state index contributed by atoms with van der Waals surface area (Å²) in [6.45, 7) is 0.342. The van der Waals surface area contributed by atoms with Crippen LogP contribution in [-0.2, 0) is 0 Å². The Kier molecular flexibility index (Phi) is 2.67. The van der Waals surface area contributed by atoms with Crippen LogP contribution in [0.4, 0.5) is 13.2 Å². The Morgan fingerprint density at radius 3 is 2.58 bits per heavy atom. The van der Waals surface area contributed by atoms with E-state index in [1.165, 1.54) is 0 Å². The molecule has 0 atom stereocenters. The van der Waals surface area contributed by atoms with Crippen LogP contribution in [0.3, 0.4) is 0 Å². The molecule has 98 valence electrons. The molecule has 0 aliphatic carbocycles. The zero-order chi connectivity index (χ0) is 13.5. The summed E-state index contributed by atoms with van der Waals surface area (Å²) in [5.74, 6) is 0.286. The first kappa shape index (κ1) is 12.0. The van der Waals surface area contributed by atoms with Gasteiger partial charge in [0.05, 0.1) is 5.71 Å². The summed E-state index contributed by atoms with van der Waals surface area (Å²) in [4.78, 5) is 4.24. The third kappa shape index (κ3) is 2.15. The topological polar surface area (TPSA) is 27.6 Å². The largest absolute Gasteiger partial charge is 0.433 e. The lowest BCUT2D eigenvalue weighted by molar-refractivity contribution is -0.111. The molecule has 0 bridgehead atoms. The van der Waals surface area contributed by atoms with Crippen LogP contribution in [0.15, 0.2) is 59.0 Å². The van der Waals surface area contributed by atoms with E-state index in [9.17, 15) is 13.2 Å². The van der Waals surface area contributed by atoms with E-state index in [2.05, 4.69) is 10.4 Å². The first-order valence-electron chi connectivity index (χ1n) is 5.72. The maximum absolute atomic E-state index is 13.0. The van der Waals surface area contributed by atoms with Gasteiger partial charge in [-0.1, -0.05) is 30.3 Å². The molecule has 0 fully saturated rings. The highest BCUT2D eigenvalue weighted by Gasteiger charge is 2.42. The molecule has 2 aliphatic rings. The van der Waals surface area contributed by atoms with Crippen molar-refractivity contribution in [1.82, 2.24) is 10.4 Å². The van der Waals surface area contributed by atoms with Crippen LogP contribution in [0.2, 0.25) is 0 Å². The lowest BCUT2D eigenvalue weighted by atomic mass is 10.1. The quantitative estimate of drug-likeness (QED) is 0.845. The van der Waals surface area contributed by atoms with Gasteiger partial charge in [0, 0.05) is 12.1 Å². The van der Waals surface area contributed by atoms with Gasteiger partial charge in [-0.3, -0.25) is 5.01 Å². The van der Waals surface area contributed by atoms with Gasteiger partial charge < -0.3 is 0 Å². The summed E-state index contributed by atoms with van der Waals surface area (Å²) < 4.78 is 39.1. The summed E-state index contributed by atoms with van der Waals surface area (Å²) in [7, 11) is 0. The minimum absolute atomic E-state index is 0.286. The SMILES string of the molecule is FC(F)(F)C1=CC(c2ccccc2)=NC2=CCNN21. The van der Waals surface area contributed by atoms with Gasteiger partial charge in [-0.2, -0.15) is 13.2 Å². The monoisotopic (exact) mass is 265 g/mol. The number of aliphatic imine (C=N–C) groups is 1. The highest BCUT2D eigenvalue weighted by Crippen LogP contribution is 2.34. The number of fused-ring (bicyclic) bond motifs is 1. The summed E-state index contributed by atoms with van der Waals surface area (Å²) in [6, 6.07) is 8.83. The van der Waals surface area contributed by atoms with Crippen LogP contribution in [-0.4, -0.2) is 23.4 Å². The highest BCUT2D eigenvalue weighted by molar-refractivity contribution is 6.10. The molecule has 0 spiro atoms. The van der Waals surface area contributed by atoms with E-state index < -0.39 is 11.9 Å². The fraction of sp³-hybridized carbons (Fsp3) is 0.154.